The van der Waals surface area contributed by atoms with Crippen LogP contribution in [0.1, 0.15) is 37.1 Å². The molecule has 0 atom stereocenters. The van der Waals surface area contributed by atoms with E-state index < -0.39 is 21.6 Å². The molecule has 1 aliphatic heterocycles. The molecule has 204 valence electrons. The summed E-state index contributed by atoms with van der Waals surface area (Å²) in [6, 6.07) is 17.2. The lowest BCUT2D eigenvalue weighted by Crippen LogP contribution is -2.42. The summed E-state index contributed by atoms with van der Waals surface area (Å²) in [7, 11) is -3.64. The lowest BCUT2D eigenvalue weighted by Gasteiger charge is -2.32. The van der Waals surface area contributed by atoms with Crippen LogP contribution in [0.3, 0.4) is 0 Å². The Labute approximate surface area is 224 Å². The number of hydrogen-bond acceptors (Lipinski definition) is 5. The highest BCUT2D eigenvalue weighted by atomic mass is 32.2. The zero-order valence-corrected chi connectivity index (χ0v) is 22.1. The molecule has 1 aliphatic carbocycles. The Bertz CT molecular complexity index is 1600. The molecule has 0 bridgehead atoms. The molecule has 1 saturated heterocycles. The molecule has 0 amide bonds. The Hall–Kier alpha value is -3.44. The van der Waals surface area contributed by atoms with E-state index in [0.717, 1.165) is 28.3 Å². The summed E-state index contributed by atoms with van der Waals surface area (Å²) in [4.78, 5) is 0.244. The average molecular weight is 556 g/mol. The molecule has 2 aromatic carbocycles. The maximum Gasteiger partial charge on any atom is 0.398 e. The third kappa shape index (κ3) is 4.67. The molecule has 39 heavy (non-hydrogen) atoms. The van der Waals surface area contributed by atoms with Crippen LogP contribution in [0.2, 0.25) is 0 Å². The quantitative estimate of drug-likeness (QED) is 0.337. The molecule has 1 saturated carbocycles. The number of aromatic nitrogens is 3. The van der Waals surface area contributed by atoms with Gasteiger partial charge in [-0.2, -0.15) is 17.5 Å². The second-order valence-corrected chi connectivity index (χ2v) is 12.3. The summed E-state index contributed by atoms with van der Waals surface area (Å²) in [5.41, 5.74) is 1.93. The highest BCUT2D eigenvalue weighted by Crippen LogP contribution is 2.58. The molecule has 2 fully saturated rings. The lowest BCUT2D eigenvalue weighted by molar-refractivity contribution is -0.160. The van der Waals surface area contributed by atoms with E-state index in [4.69, 9.17) is 0 Å². The zero-order chi connectivity index (χ0) is 27.4. The number of anilines is 1. The first-order chi connectivity index (χ1) is 18.6. The second-order valence-electron chi connectivity index (χ2n) is 10.4. The average Bonchev–Trinajstić information content (AvgIpc) is 3.68. The van der Waals surface area contributed by atoms with E-state index >= 15 is 0 Å². The Kier molecular flexibility index (Phi) is 6.18. The number of hydrogen-bond donors (Lipinski definition) is 1. The second kappa shape index (κ2) is 9.34. The topological polar surface area (TPSA) is 79.6 Å². The number of aryl methyl sites for hydroxylation is 1. The van der Waals surface area contributed by atoms with E-state index in [1.807, 2.05) is 29.7 Å². The van der Waals surface area contributed by atoms with Gasteiger partial charge in [0.15, 0.2) is 5.65 Å². The summed E-state index contributed by atoms with van der Waals surface area (Å²) in [6.45, 7) is 2.59. The first-order valence-electron chi connectivity index (χ1n) is 12.9. The van der Waals surface area contributed by atoms with E-state index in [-0.39, 0.29) is 23.8 Å². The minimum Gasteiger partial charge on any atom is -0.382 e. The van der Waals surface area contributed by atoms with Gasteiger partial charge in [0, 0.05) is 31.0 Å². The zero-order valence-electron chi connectivity index (χ0n) is 21.3. The molecule has 3 heterocycles. The number of nitrogens with one attached hydrogen (secondary N) is 1. The molecule has 11 heteroatoms. The molecule has 2 aliphatic rings. The summed E-state index contributed by atoms with van der Waals surface area (Å²) in [5.74, 6) is 0.772. The molecule has 4 aromatic rings. The summed E-state index contributed by atoms with van der Waals surface area (Å²) in [6.07, 6.45) is -0.824. The van der Waals surface area contributed by atoms with Crippen LogP contribution in [0, 0.1) is 6.92 Å². The van der Waals surface area contributed by atoms with Crippen LogP contribution in [0.15, 0.2) is 71.8 Å². The molecule has 0 spiro atoms. The highest BCUT2D eigenvalue weighted by Gasteiger charge is 2.64. The van der Waals surface area contributed by atoms with E-state index in [9.17, 15) is 21.6 Å². The van der Waals surface area contributed by atoms with Crippen LogP contribution < -0.4 is 5.32 Å². The summed E-state index contributed by atoms with van der Waals surface area (Å²) < 4.78 is 70.1. The van der Waals surface area contributed by atoms with Crippen molar-refractivity contribution in [3.63, 3.8) is 0 Å². The van der Waals surface area contributed by atoms with E-state index in [1.165, 1.54) is 4.31 Å². The number of piperidine rings is 1. The Balaban J connectivity index is 1.08. The number of pyridine rings is 1. The third-order valence-corrected chi connectivity index (χ3v) is 9.87. The van der Waals surface area contributed by atoms with Crippen molar-refractivity contribution >= 4 is 21.4 Å². The van der Waals surface area contributed by atoms with Gasteiger partial charge in [-0.15, -0.1) is 10.2 Å². The highest BCUT2D eigenvalue weighted by molar-refractivity contribution is 7.89. The molecular formula is C28H28F3N5O2S. The molecule has 0 unspecified atom stereocenters. The summed E-state index contributed by atoms with van der Waals surface area (Å²) >= 11 is 0. The summed E-state index contributed by atoms with van der Waals surface area (Å²) in [5, 5.41) is 11.5. The van der Waals surface area contributed by atoms with Crippen LogP contribution in [-0.4, -0.2) is 52.6 Å². The van der Waals surface area contributed by atoms with Crippen molar-refractivity contribution in [2.24, 2.45) is 0 Å². The van der Waals surface area contributed by atoms with Gasteiger partial charge in [0.2, 0.25) is 10.0 Å². The maximum atomic E-state index is 13.4. The number of benzene rings is 2. The lowest BCUT2D eigenvalue weighted by atomic mass is 9.95. The van der Waals surface area contributed by atoms with Gasteiger partial charge in [0.25, 0.3) is 0 Å². The standard InChI is InChI=1S/C28H28F3N5O2S/c1-19-33-34-26-11-4-21(18-36(19)26)20-2-9-25(10-3-20)39(37,38)35-16-12-24(13-17-35)32-23-7-5-22(6-8-23)27(14-15-27)28(29,30)31/h2-11,18,24,32H,12-17H2,1H3. The number of nitrogens with zero attached hydrogens (tertiary/aromatic N) is 4. The Morgan fingerprint density at radius 1 is 0.897 bits per heavy atom. The van der Waals surface area contributed by atoms with Crippen LogP contribution in [0.25, 0.3) is 16.8 Å². The van der Waals surface area contributed by atoms with Gasteiger partial charge in [0.1, 0.15) is 5.82 Å². The smallest absolute Gasteiger partial charge is 0.382 e. The van der Waals surface area contributed by atoms with Gasteiger partial charge in [-0.05, 0) is 85.7 Å². The van der Waals surface area contributed by atoms with E-state index in [2.05, 4.69) is 15.5 Å². The van der Waals surface area contributed by atoms with Gasteiger partial charge in [-0.1, -0.05) is 24.3 Å². The third-order valence-electron chi connectivity index (χ3n) is 7.95. The normalized spacial score (nSPS) is 18.4. The van der Waals surface area contributed by atoms with Crippen LogP contribution in [0.4, 0.5) is 18.9 Å². The van der Waals surface area contributed by atoms with Crippen molar-refractivity contribution in [2.45, 2.75) is 55.1 Å². The van der Waals surface area contributed by atoms with Gasteiger partial charge >= 0.3 is 6.18 Å². The molecule has 6 rings (SSSR count). The largest absolute Gasteiger partial charge is 0.398 e. The van der Waals surface area contributed by atoms with E-state index in [0.29, 0.717) is 31.5 Å². The number of alkyl halides is 3. The Morgan fingerprint density at radius 3 is 2.15 bits per heavy atom. The minimum atomic E-state index is -4.23. The van der Waals surface area contributed by atoms with Gasteiger partial charge in [-0.3, -0.25) is 4.40 Å². The minimum absolute atomic E-state index is 0.0400. The van der Waals surface area contributed by atoms with Crippen molar-refractivity contribution in [3.05, 3.63) is 78.2 Å². The van der Waals surface area contributed by atoms with Crippen LogP contribution in [0.5, 0.6) is 0 Å². The predicted molar refractivity (Wildman–Crippen MR) is 142 cm³/mol. The fraction of sp³-hybridized carbons (Fsp3) is 0.357. The van der Waals surface area contributed by atoms with Crippen molar-refractivity contribution in [3.8, 4) is 11.1 Å². The number of rotatable bonds is 6. The monoisotopic (exact) mass is 555 g/mol. The van der Waals surface area contributed by atoms with Crippen LogP contribution >= 0.6 is 0 Å². The van der Waals surface area contributed by atoms with Gasteiger partial charge < -0.3 is 5.32 Å². The van der Waals surface area contributed by atoms with Crippen molar-refractivity contribution in [2.75, 3.05) is 18.4 Å². The Morgan fingerprint density at radius 2 is 1.54 bits per heavy atom. The number of fused-ring (bicyclic) bond motifs is 1. The fourth-order valence-electron chi connectivity index (χ4n) is 5.37. The van der Waals surface area contributed by atoms with E-state index in [1.54, 1.807) is 48.5 Å². The van der Waals surface area contributed by atoms with Crippen molar-refractivity contribution in [1.82, 2.24) is 18.9 Å². The van der Waals surface area contributed by atoms with Crippen LogP contribution in [-0.2, 0) is 15.4 Å². The maximum absolute atomic E-state index is 13.4. The van der Waals surface area contributed by atoms with Gasteiger partial charge in [-0.25, -0.2) is 8.42 Å². The fourth-order valence-corrected chi connectivity index (χ4v) is 6.84. The molecule has 2 aromatic heterocycles. The van der Waals surface area contributed by atoms with Crippen molar-refractivity contribution < 1.29 is 21.6 Å². The molecule has 0 radical (unpaired) electrons. The molecular weight excluding hydrogens is 527 g/mol. The van der Waals surface area contributed by atoms with Gasteiger partial charge in [0.05, 0.1) is 10.3 Å². The first-order valence-corrected chi connectivity index (χ1v) is 14.4. The molecule has 7 nitrogen and oxygen atoms in total. The number of sulfonamides is 1. The SMILES string of the molecule is Cc1nnc2ccc(-c3ccc(S(=O)(=O)N4CCC(Nc5ccc(C6(C(F)(F)F)CC6)cc5)CC4)cc3)cn12. The first kappa shape index (κ1) is 25.8. The molecule has 1 N–H and O–H groups in total. The van der Waals surface area contributed by atoms with Crippen molar-refractivity contribution in [1.29, 1.82) is 0 Å². The number of halogens is 3. The predicted octanol–water partition coefficient (Wildman–Crippen LogP) is 5.56.